The van der Waals surface area contributed by atoms with Crippen LogP contribution in [-0.2, 0) is 6.42 Å². The minimum atomic E-state index is 0.247. The van der Waals surface area contributed by atoms with Crippen molar-refractivity contribution >= 4 is 0 Å². The first-order chi connectivity index (χ1) is 13.1. The van der Waals surface area contributed by atoms with Crippen molar-refractivity contribution < 1.29 is 10.2 Å². The summed E-state index contributed by atoms with van der Waals surface area (Å²) >= 11 is 0. The summed E-state index contributed by atoms with van der Waals surface area (Å²) in [4.78, 5) is 0. The van der Waals surface area contributed by atoms with Gasteiger partial charge in [-0.2, -0.15) is 0 Å². The van der Waals surface area contributed by atoms with Crippen LogP contribution in [0.3, 0.4) is 0 Å². The highest BCUT2D eigenvalue weighted by atomic mass is 16.3. The molecule has 0 aromatic heterocycles. The summed E-state index contributed by atoms with van der Waals surface area (Å²) in [7, 11) is 0. The van der Waals surface area contributed by atoms with Crippen LogP contribution < -0.4 is 0 Å². The lowest BCUT2D eigenvalue weighted by molar-refractivity contribution is -0.145. The molecular formula is C26H38O2. The van der Waals surface area contributed by atoms with Crippen LogP contribution in [0, 0.1) is 34.0 Å². The third kappa shape index (κ3) is 2.90. The highest BCUT2D eigenvalue weighted by Gasteiger charge is 2.60. The molecule has 0 radical (unpaired) electrons. The summed E-state index contributed by atoms with van der Waals surface area (Å²) < 4.78 is 0. The zero-order valence-corrected chi connectivity index (χ0v) is 18.4. The van der Waals surface area contributed by atoms with E-state index >= 15 is 0 Å². The molecular weight excluding hydrogens is 344 g/mol. The van der Waals surface area contributed by atoms with E-state index in [-0.39, 0.29) is 11.2 Å². The van der Waals surface area contributed by atoms with Gasteiger partial charge in [0.05, 0.1) is 0 Å². The van der Waals surface area contributed by atoms with Crippen LogP contribution in [0.5, 0.6) is 11.5 Å². The van der Waals surface area contributed by atoms with Crippen molar-refractivity contribution in [3.8, 4) is 11.5 Å². The van der Waals surface area contributed by atoms with Gasteiger partial charge in [-0.05, 0) is 103 Å². The molecule has 0 spiro atoms. The van der Waals surface area contributed by atoms with Gasteiger partial charge in [-0.1, -0.05) is 45.8 Å². The van der Waals surface area contributed by atoms with E-state index in [9.17, 15) is 10.2 Å². The van der Waals surface area contributed by atoms with Crippen LogP contribution in [-0.4, -0.2) is 10.2 Å². The van der Waals surface area contributed by atoms with Crippen molar-refractivity contribution in [3.63, 3.8) is 0 Å². The van der Waals surface area contributed by atoms with Gasteiger partial charge < -0.3 is 10.2 Å². The first-order valence-electron chi connectivity index (χ1n) is 11.3. The Hall–Kier alpha value is -1.44. The Labute approximate surface area is 171 Å². The third-order valence-electron chi connectivity index (χ3n) is 9.35. The number of rotatable bonds is 2. The van der Waals surface area contributed by atoms with E-state index in [0.717, 1.165) is 17.9 Å². The molecule has 2 saturated carbocycles. The number of hydrogen-bond acceptors (Lipinski definition) is 2. The number of fused-ring (bicyclic) bond motifs is 3. The van der Waals surface area contributed by atoms with E-state index in [1.807, 2.05) is 0 Å². The Bertz CT molecular complexity index is 792. The zero-order chi connectivity index (χ0) is 20.3. The van der Waals surface area contributed by atoms with Crippen molar-refractivity contribution in [1.82, 2.24) is 0 Å². The van der Waals surface area contributed by atoms with E-state index in [0.29, 0.717) is 28.4 Å². The molecule has 0 aliphatic heterocycles. The Kier molecular flexibility index (Phi) is 4.64. The molecule has 3 aliphatic carbocycles. The molecule has 0 heterocycles. The summed E-state index contributed by atoms with van der Waals surface area (Å²) in [5.74, 6) is 2.51. The maximum atomic E-state index is 10.4. The number of allylic oxidation sites excluding steroid dienone is 2. The van der Waals surface area contributed by atoms with Crippen LogP contribution >= 0.6 is 0 Å². The van der Waals surface area contributed by atoms with E-state index in [1.54, 1.807) is 18.2 Å². The zero-order valence-electron chi connectivity index (χ0n) is 18.4. The number of aromatic hydroxyl groups is 2. The summed E-state index contributed by atoms with van der Waals surface area (Å²) in [5.41, 5.74) is 3.47. The minimum Gasteiger partial charge on any atom is -0.508 e. The second kappa shape index (κ2) is 6.54. The molecule has 4 rings (SSSR count). The number of phenolic OH excluding ortho intramolecular Hbond substituents is 2. The fourth-order valence-corrected chi connectivity index (χ4v) is 7.96. The van der Waals surface area contributed by atoms with Crippen LogP contribution in [0.1, 0.15) is 78.7 Å². The molecule has 1 aromatic rings. The van der Waals surface area contributed by atoms with Crippen molar-refractivity contribution in [2.75, 3.05) is 0 Å². The number of hydrogen-bond donors (Lipinski definition) is 2. The van der Waals surface area contributed by atoms with Crippen LogP contribution in [0.25, 0.3) is 0 Å². The quantitative estimate of drug-likeness (QED) is 0.433. The van der Waals surface area contributed by atoms with E-state index in [4.69, 9.17) is 0 Å². The monoisotopic (exact) mass is 382 g/mol. The number of phenols is 2. The Morgan fingerprint density at radius 1 is 0.964 bits per heavy atom. The molecule has 1 aromatic carbocycles. The van der Waals surface area contributed by atoms with Gasteiger partial charge in [-0.15, -0.1) is 0 Å². The fourth-order valence-electron chi connectivity index (χ4n) is 7.96. The molecule has 5 atom stereocenters. The standard InChI is InChI=1S/C26H38O2/c1-17-7-10-23-25(4,20(17)16-18-15-19(27)8-9-21(18)28)14-11-22-24(2,3)12-6-13-26(22,23)5/h7-9,15,20,22-23,27-28H,6,10-14,16H2,1-5H3. The molecule has 2 heteroatoms. The molecule has 0 bridgehead atoms. The van der Waals surface area contributed by atoms with Crippen molar-refractivity contribution in [1.29, 1.82) is 0 Å². The Morgan fingerprint density at radius 2 is 1.71 bits per heavy atom. The van der Waals surface area contributed by atoms with E-state index in [1.165, 1.54) is 44.1 Å². The summed E-state index contributed by atoms with van der Waals surface area (Å²) in [6.45, 7) is 12.4. The normalized spacial score (nSPS) is 39.6. The largest absolute Gasteiger partial charge is 0.508 e. The number of benzene rings is 1. The highest BCUT2D eigenvalue weighted by Crippen LogP contribution is 2.68. The highest BCUT2D eigenvalue weighted by molar-refractivity contribution is 5.40. The molecule has 3 aliphatic rings. The van der Waals surface area contributed by atoms with Gasteiger partial charge in [0.2, 0.25) is 0 Å². The van der Waals surface area contributed by atoms with Gasteiger partial charge >= 0.3 is 0 Å². The minimum absolute atomic E-state index is 0.247. The van der Waals surface area contributed by atoms with Crippen molar-refractivity contribution in [2.45, 2.75) is 79.6 Å². The molecule has 154 valence electrons. The molecule has 5 unspecified atom stereocenters. The van der Waals surface area contributed by atoms with Gasteiger partial charge in [-0.3, -0.25) is 0 Å². The Balaban J connectivity index is 1.72. The maximum absolute atomic E-state index is 10.4. The van der Waals surface area contributed by atoms with Crippen LogP contribution in [0.4, 0.5) is 0 Å². The first kappa shape index (κ1) is 19.9. The van der Waals surface area contributed by atoms with Gasteiger partial charge in [-0.25, -0.2) is 0 Å². The molecule has 2 nitrogen and oxygen atoms in total. The molecule has 0 saturated heterocycles. The predicted octanol–water partition coefficient (Wildman–Crippen LogP) is 6.86. The topological polar surface area (TPSA) is 40.5 Å². The first-order valence-corrected chi connectivity index (χ1v) is 11.3. The van der Waals surface area contributed by atoms with E-state index in [2.05, 4.69) is 40.7 Å². The summed E-state index contributed by atoms with van der Waals surface area (Å²) in [6, 6.07) is 4.96. The van der Waals surface area contributed by atoms with Gasteiger partial charge in [0.1, 0.15) is 11.5 Å². The smallest absolute Gasteiger partial charge is 0.119 e. The average molecular weight is 383 g/mol. The van der Waals surface area contributed by atoms with Gasteiger partial charge in [0, 0.05) is 0 Å². The van der Waals surface area contributed by atoms with Crippen molar-refractivity contribution in [3.05, 3.63) is 35.4 Å². The average Bonchev–Trinajstić information content (AvgIpc) is 2.60. The van der Waals surface area contributed by atoms with Crippen LogP contribution in [0.15, 0.2) is 29.8 Å². The van der Waals surface area contributed by atoms with Gasteiger partial charge in [0.15, 0.2) is 0 Å². The third-order valence-corrected chi connectivity index (χ3v) is 9.35. The second-order valence-electron chi connectivity index (χ2n) is 11.3. The van der Waals surface area contributed by atoms with Crippen LogP contribution in [0.2, 0.25) is 0 Å². The maximum Gasteiger partial charge on any atom is 0.119 e. The lowest BCUT2D eigenvalue weighted by atomic mass is 9.39. The SMILES string of the molecule is CC1=CCC2C(C)(CCC3C(C)(C)CCCC32C)C1Cc1cc(O)ccc1O. The molecule has 2 fully saturated rings. The fraction of sp³-hybridized carbons (Fsp3) is 0.692. The predicted molar refractivity (Wildman–Crippen MR) is 115 cm³/mol. The lowest BCUT2D eigenvalue weighted by Crippen LogP contribution is -2.57. The molecule has 28 heavy (non-hydrogen) atoms. The Morgan fingerprint density at radius 3 is 2.46 bits per heavy atom. The van der Waals surface area contributed by atoms with Crippen molar-refractivity contribution in [2.24, 2.45) is 34.0 Å². The molecule has 2 N–H and O–H groups in total. The lowest BCUT2D eigenvalue weighted by Gasteiger charge is -2.65. The summed E-state index contributed by atoms with van der Waals surface area (Å²) in [5, 5.41) is 20.4. The summed E-state index contributed by atoms with van der Waals surface area (Å²) in [6.07, 6.45) is 11.2. The second-order valence-corrected chi connectivity index (χ2v) is 11.3. The van der Waals surface area contributed by atoms with Gasteiger partial charge in [0.25, 0.3) is 0 Å². The molecule has 0 amide bonds. The van der Waals surface area contributed by atoms with E-state index < -0.39 is 0 Å².